The molecule has 0 radical (unpaired) electrons. The lowest BCUT2D eigenvalue weighted by atomic mass is 10.1. The number of halogens is 1. The number of hydrogen-bond acceptors (Lipinski definition) is 2. The fourth-order valence-corrected chi connectivity index (χ4v) is 2.60. The van der Waals surface area contributed by atoms with Gasteiger partial charge in [-0.1, -0.05) is 6.07 Å². The van der Waals surface area contributed by atoms with Crippen molar-refractivity contribution >= 4 is 21.8 Å². The van der Waals surface area contributed by atoms with E-state index in [0.29, 0.717) is 6.54 Å². The maximum absolute atomic E-state index is 12.2. The summed E-state index contributed by atoms with van der Waals surface area (Å²) in [7, 11) is 0. The normalized spacial score (nSPS) is 20.2. The number of carbonyl (C=O) groups is 1. The number of likely N-dealkylation sites (tertiary alicyclic amines) is 1. The van der Waals surface area contributed by atoms with E-state index in [2.05, 4.69) is 15.9 Å². The molecular weight excluding hydrogens is 268 g/mol. The van der Waals surface area contributed by atoms with E-state index in [1.807, 2.05) is 30.0 Å². The third kappa shape index (κ3) is 2.28. The Morgan fingerprint density at radius 1 is 1.56 bits per heavy atom. The first-order chi connectivity index (χ1) is 7.58. The molecule has 0 spiro atoms. The van der Waals surface area contributed by atoms with Crippen LogP contribution in [0.1, 0.15) is 22.3 Å². The highest BCUT2D eigenvalue weighted by atomic mass is 79.9. The molecule has 4 heteroatoms. The van der Waals surface area contributed by atoms with Gasteiger partial charge in [-0.25, -0.2) is 0 Å². The molecule has 1 amide bonds. The Labute approximate surface area is 104 Å². The van der Waals surface area contributed by atoms with Crippen molar-refractivity contribution in [3.8, 4) is 0 Å². The smallest absolute Gasteiger partial charge is 0.255 e. The van der Waals surface area contributed by atoms with Crippen molar-refractivity contribution in [2.24, 2.45) is 5.73 Å². The van der Waals surface area contributed by atoms with Crippen LogP contribution in [0.5, 0.6) is 0 Å². The Bertz CT molecular complexity index is 419. The standard InChI is InChI=1S/C12H15BrN2O/c1-8-2-3-10(11(13)6-8)12(16)15-5-4-9(14)7-15/h2-3,6,9H,4-5,7,14H2,1H3. The monoisotopic (exact) mass is 282 g/mol. The van der Waals surface area contributed by atoms with Crippen LogP contribution < -0.4 is 5.73 Å². The van der Waals surface area contributed by atoms with Crippen LogP contribution in [0.15, 0.2) is 22.7 Å². The molecule has 1 aliphatic heterocycles. The summed E-state index contributed by atoms with van der Waals surface area (Å²) in [6.45, 7) is 3.43. The topological polar surface area (TPSA) is 46.3 Å². The van der Waals surface area contributed by atoms with Gasteiger partial charge in [0, 0.05) is 23.6 Å². The maximum Gasteiger partial charge on any atom is 0.255 e. The minimum atomic E-state index is 0.0693. The third-order valence-corrected chi connectivity index (χ3v) is 3.52. The zero-order valence-corrected chi connectivity index (χ0v) is 10.8. The first kappa shape index (κ1) is 11.6. The minimum absolute atomic E-state index is 0.0693. The van der Waals surface area contributed by atoms with E-state index in [-0.39, 0.29) is 11.9 Å². The van der Waals surface area contributed by atoms with Crippen molar-refractivity contribution in [2.75, 3.05) is 13.1 Å². The number of rotatable bonds is 1. The number of carbonyl (C=O) groups excluding carboxylic acids is 1. The Balaban J connectivity index is 2.21. The summed E-state index contributed by atoms with van der Waals surface area (Å²) in [6, 6.07) is 5.91. The Morgan fingerprint density at radius 2 is 2.31 bits per heavy atom. The summed E-state index contributed by atoms with van der Waals surface area (Å²) in [5.74, 6) is 0.0693. The van der Waals surface area contributed by atoms with Crippen LogP contribution in [0.4, 0.5) is 0 Å². The second-order valence-electron chi connectivity index (χ2n) is 4.28. The Morgan fingerprint density at radius 3 is 2.88 bits per heavy atom. The van der Waals surface area contributed by atoms with Crippen molar-refractivity contribution in [3.05, 3.63) is 33.8 Å². The van der Waals surface area contributed by atoms with E-state index in [9.17, 15) is 4.79 Å². The van der Waals surface area contributed by atoms with Gasteiger partial charge in [0.2, 0.25) is 0 Å². The predicted octanol–water partition coefficient (Wildman–Crippen LogP) is 1.93. The van der Waals surface area contributed by atoms with Crippen molar-refractivity contribution in [3.63, 3.8) is 0 Å². The van der Waals surface area contributed by atoms with Gasteiger partial charge in [-0.3, -0.25) is 4.79 Å². The van der Waals surface area contributed by atoms with Crippen molar-refractivity contribution < 1.29 is 4.79 Å². The molecule has 1 unspecified atom stereocenters. The van der Waals surface area contributed by atoms with Gasteiger partial charge in [-0.15, -0.1) is 0 Å². The summed E-state index contributed by atoms with van der Waals surface area (Å²) < 4.78 is 0.859. The van der Waals surface area contributed by atoms with Crippen LogP contribution in [0.25, 0.3) is 0 Å². The number of benzene rings is 1. The molecule has 1 atom stereocenters. The van der Waals surface area contributed by atoms with Gasteiger partial charge in [0.05, 0.1) is 5.56 Å². The van der Waals surface area contributed by atoms with Crippen molar-refractivity contribution in [2.45, 2.75) is 19.4 Å². The van der Waals surface area contributed by atoms with Crippen LogP contribution in [0.2, 0.25) is 0 Å². The van der Waals surface area contributed by atoms with Crippen LogP contribution in [0, 0.1) is 6.92 Å². The number of aryl methyl sites for hydroxylation is 1. The van der Waals surface area contributed by atoms with Crippen LogP contribution >= 0.6 is 15.9 Å². The van der Waals surface area contributed by atoms with Gasteiger partial charge in [0.1, 0.15) is 0 Å². The van der Waals surface area contributed by atoms with Crippen molar-refractivity contribution in [1.29, 1.82) is 0 Å². The van der Waals surface area contributed by atoms with Gasteiger partial charge in [-0.2, -0.15) is 0 Å². The SMILES string of the molecule is Cc1ccc(C(=O)N2CCC(N)C2)c(Br)c1. The van der Waals surface area contributed by atoms with Crippen LogP contribution in [-0.2, 0) is 0 Å². The molecule has 2 rings (SSSR count). The minimum Gasteiger partial charge on any atom is -0.337 e. The number of nitrogens with zero attached hydrogens (tertiary/aromatic N) is 1. The average molecular weight is 283 g/mol. The van der Waals surface area contributed by atoms with Gasteiger partial charge >= 0.3 is 0 Å². The lowest BCUT2D eigenvalue weighted by molar-refractivity contribution is 0.0790. The second-order valence-corrected chi connectivity index (χ2v) is 5.14. The molecule has 0 aliphatic carbocycles. The number of nitrogens with two attached hydrogens (primary N) is 1. The first-order valence-corrected chi connectivity index (χ1v) is 6.18. The maximum atomic E-state index is 12.2. The predicted molar refractivity (Wildman–Crippen MR) is 67.4 cm³/mol. The van der Waals surface area contributed by atoms with Gasteiger partial charge in [-0.05, 0) is 47.0 Å². The highest BCUT2D eigenvalue weighted by molar-refractivity contribution is 9.10. The molecule has 2 N–H and O–H groups in total. The first-order valence-electron chi connectivity index (χ1n) is 5.39. The van der Waals surface area contributed by atoms with E-state index in [1.165, 1.54) is 0 Å². The van der Waals surface area contributed by atoms with Gasteiger partial charge in [0.25, 0.3) is 5.91 Å². The van der Waals surface area contributed by atoms with Crippen LogP contribution in [-0.4, -0.2) is 29.9 Å². The lowest BCUT2D eigenvalue weighted by Crippen LogP contribution is -2.32. The van der Waals surface area contributed by atoms with E-state index in [1.54, 1.807) is 0 Å². The summed E-state index contributed by atoms with van der Waals surface area (Å²) in [5.41, 5.74) is 7.66. The Hall–Kier alpha value is -0.870. The molecule has 1 aromatic rings. The molecule has 1 aliphatic rings. The molecule has 0 saturated carbocycles. The molecule has 1 heterocycles. The molecule has 16 heavy (non-hydrogen) atoms. The third-order valence-electron chi connectivity index (χ3n) is 2.87. The number of amides is 1. The zero-order chi connectivity index (χ0) is 11.7. The quantitative estimate of drug-likeness (QED) is 0.856. The second kappa shape index (κ2) is 4.55. The van der Waals surface area contributed by atoms with Crippen LogP contribution in [0.3, 0.4) is 0 Å². The molecule has 86 valence electrons. The zero-order valence-electron chi connectivity index (χ0n) is 9.24. The van der Waals surface area contributed by atoms with E-state index >= 15 is 0 Å². The molecule has 1 aromatic carbocycles. The Kier molecular flexibility index (Phi) is 3.30. The van der Waals surface area contributed by atoms with E-state index in [0.717, 1.165) is 28.6 Å². The lowest BCUT2D eigenvalue weighted by Gasteiger charge is -2.16. The molecule has 1 saturated heterocycles. The molecule has 3 nitrogen and oxygen atoms in total. The highest BCUT2D eigenvalue weighted by Crippen LogP contribution is 2.21. The summed E-state index contributed by atoms with van der Waals surface area (Å²) in [6.07, 6.45) is 0.898. The van der Waals surface area contributed by atoms with E-state index < -0.39 is 0 Å². The van der Waals surface area contributed by atoms with Gasteiger partial charge in [0.15, 0.2) is 0 Å². The average Bonchev–Trinajstić information content (AvgIpc) is 2.64. The molecule has 0 bridgehead atoms. The van der Waals surface area contributed by atoms with Crippen molar-refractivity contribution in [1.82, 2.24) is 4.90 Å². The largest absolute Gasteiger partial charge is 0.337 e. The van der Waals surface area contributed by atoms with E-state index in [4.69, 9.17) is 5.73 Å². The number of hydrogen-bond donors (Lipinski definition) is 1. The molecule has 1 fully saturated rings. The summed E-state index contributed by atoms with van der Waals surface area (Å²) in [4.78, 5) is 14.0. The summed E-state index contributed by atoms with van der Waals surface area (Å²) in [5, 5.41) is 0. The fourth-order valence-electron chi connectivity index (χ4n) is 1.94. The fraction of sp³-hybridized carbons (Fsp3) is 0.417. The van der Waals surface area contributed by atoms with Gasteiger partial charge < -0.3 is 10.6 Å². The highest BCUT2D eigenvalue weighted by Gasteiger charge is 2.25. The molecule has 0 aromatic heterocycles. The molecular formula is C12H15BrN2O. The summed E-state index contributed by atoms with van der Waals surface area (Å²) >= 11 is 3.43.